The highest BCUT2D eigenvalue weighted by atomic mass is 32.1. The predicted molar refractivity (Wildman–Crippen MR) is 240 cm³/mol. The summed E-state index contributed by atoms with van der Waals surface area (Å²) in [4.78, 5) is 10.7. The van der Waals surface area contributed by atoms with E-state index in [1.807, 2.05) is 17.4 Å². The van der Waals surface area contributed by atoms with Gasteiger partial charge in [-0.3, -0.25) is 0 Å². The van der Waals surface area contributed by atoms with Crippen molar-refractivity contribution in [1.82, 2.24) is 9.97 Å². The van der Waals surface area contributed by atoms with E-state index in [4.69, 9.17) is 9.97 Å². The molecule has 1 atom stereocenters. The first-order valence-corrected chi connectivity index (χ1v) is 20.3. The second-order valence-electron chi connectivity index (χ2n) is 15.0. The Morgan fingerprint density at radius 1 is 0.404 bits per heavy atom. The van der Waals surface area contributed by atoms with Gasteiger partial charge in [0.1, 0.15) is 0 Å². The number of aromatic nitrogens is 2. The van der Waals surface area contributed by atoms with Crippen molar-refractivity contribution in [1.29, 1.82) is 0 Å². The van der Waals surface area contributed by atoms with Crippen LogP contribution in [0.1, 0.15) is 23.6 Å². The summed E-state index contributed by atoms with van der Waals surface area (Å²) in [6, 6.07) is 72.1. The molecule has 0 N–H and O–H groups in total. The van der Waals surface area contributed by atoms with Crippen LogP contribution < -0.4 is 0 Å². The van der Waals surface area contributed by atoms with E-state index in [0.717, 1.165) is 39.2 Å². The molecule has 10 aromatic rings. The molecular weight excluding hydrogens is 709 g/mol. The van der Waals surface area contributed by atoms with Crippen LogP contribution in [0.15, 0.2) is 200 Å². The molecule has 1 aliphatic carbocycles. The van der Waals surface area contributed by atoms with E-state index < -0.39 is 0 Å². The Balaban J connectivity index is 1.10. The third-order valence-electron chi connectivity index (χ3n) is 11.8. The van der Waals surface area contributed by atoms with Gasteiger partial charge in [0.25, 0.3) is 0 Å². The average molecular weight is 745 g/mol. The molecule has 1 unspecified atom stereocenters. The van der Waals surface area contributed by atoms with E-state index in [0.29, 0.717) is 5.82 Å². The number of benzene rings is 8. The topological polar surface area (TPSA) is 25.8 Å². The standard InChI is InChI=1S/C54H36N2S/c1-54(38-21-6-3-7-22-38)46-30-12-10-26-44(46)51-45(29-16-31-47(51)54)49-34-48(55-53(56-49)35-17-4-2-5-18-35)41-24-9-8-23-39(41)36-19-14-20-37(33-36)40-27-15-28-43-42-25-11-13-32-50(42)57-52(40)43/h2-34H,1H3. The molecule has 0 spiro atoms. The van der Waals surface area contributed by atoms with Crippen LogP contribution in [0.2, 0.25) is 0 Å². The molecule has 2 aromatic heterocycles. The van der Waals surface area contributed by atoms with Crippen LogP contribution in [0, 0.1) is 0 Å². The second-order valence-corrected chi connectivity index (χ2v) is 16.1. The Hall–Kier alpha value is -6.94. The molecule has 0 radical (unpaired) electrons. The Kier molecular flexibility index (Phi) is 7.84. The number of thiophene rings is 1. The van der Waals surface area contributed by atoms with Crippen molar-refractivity contribution in [2.75, 3.05) is 0 Å². The molecule has 2 heterocycles. The minimum atomic E-state index is -0.306. The molecule has 0 aliphatic heterocycles. The first-order valence-electron chi connectivity index (χ1n) is 19.5. The molecule has 3 heteroatoms. The molecule has 0 amide bonds. The number of rotatable bonds is 6. The minimum Gasteiger partial charge on any atom is -0.228 e. The summed E-state index contributed by atoms with van der Waals surface area (Å²) in [5.41, 5.74) is 15.8. The highest BCUT2D eigenvalue weighted by Crippen LogP contribution is 2.55. The summed E-state index contributed by atoms with van der Waals surface area (Å²) in [5.74, 6) is 0.706. The van der Waals surface area contributed by atoms with Gasteiger partial charge in [-0.25, -0.2) is 9.97 Å². The maximum Gasteiger partial charge on any atom is 0.160 e. The van der Waals surface area contributed by atoms with Crippen LogP contribution in [0.25, 0.3) is 87.5 Å². The fraction of sp³-hybridized carbons (Fsp3) is 0.0370. The van der Waals surface area contributed by atoms with E-state index in [1.54, 1.807) is 0 Å². The first-order chi connectivity index (χ1) is 28.1. The van der Waals surface area contributed by atoms with Gasteiger partial charge in [0, 0.05) is 42.3 Å². The van der Waals surface area contributed by atoms with Crippen LogP contribution in [0.3, 0.4) is 0 Å². The smallest absolute Gasteiger partial charge is 0.160 e. The summed E-state index contributed by atoms with van der Waals surface area (Å²) < 4.78 is 2.63. The van der Waals surface area contributed by atoms with Gasteiger partial charge in [-0.1, -0.05) is 182 Å². The van der Waals surface area contributed by atoms with Crippen LogP contribution >= 0.6 is 11.3 Å². The van der Waals surface area contributed by atoms with Gasteiger partial charge in [0.15, 0.2) is 5.82 Å². The van der Waals surface area contributed by atoms with Gasteiger partial charge in [-0.15, -0.1) is 11.3 Å². The molecule has 0 saturated carbocycles. The molecule has 2 nitrogen and oxygen atoms in total. The average Bonchev–Trinajstić information content (AvgIpc) is 3.80. The van der Waals surface area contributed by atoms with Crippen molar-refractivity contribution in [2.24, 2.45) is 0 Å². The minimum absolute atomic E-state index is 0.306. The molecule has 1 aliphatic rings. The quantitative estimate of drug-likeness (QED) is 0.169. The van der Waals surface area contributed by atoms with Crippen LogP contribution in [-0.4, -0.2) is 9.97 Å². The number of fused-ring (bicyclic) bond motifs is 6. The van der Waals surface area contributed by atoms with E-state index in [1.165, 1.54) is 59.1 Å². The summed E-state index contributed by atoms with van der Waals surface area (Å²) in [7, 11) is 0. The van der Waals surface area contributed by atoms with E-state index in [-0.39, 0.29) is 5.41 Å². The van der Waals surface area contributed by atoms with Crippen molar-refractivity contribution < 1.29 is 0 Å². The zero-order valence-electron chi connectivity index (χ0n) is 31.4. The number of nitrogens with zero attached hydrogens (tertiary/aromatic N) is 2. The Labute approximate surface area is 336 Å². The molecule has 57 heavy (non-hydrogen) atoms. The number of hydrogen-bond acceptors (Lipinski definition) is 3. The number of hydrogen-bond donors (Lipinski definition) is 0. The second kappa shape index (κ2) is 13.4. The van der Waals surface area contributed by atoms with Crippen molar-refractivity contribution >= 4 is 31.5 Å². The third-order valence-corrected chi connectivity index (χ3v) is 13.0. The molecule has 11 rings (SSSR count). The van der Waals surface area contributed by atoms with Crippen molar-refractivity contribution in [2.45, 2.75) is 12.3 Å². The molecule has 268 valence electrons. The fourth-order valence-electron chi connectivity index (χ4n) is 9.06. The van der Waals surface area contributed by atoms with E-state index in [2.05, 4.69) is 201 Å². The lowest BCUT2D eigenvalue weighted by Gasteiger charge is -2.28. The highest BCUT2D eigenvalue weighted by molar-refractivity contribution is 7.26. The fourth-order valence-corrected chi connectivity index (χ4v) is 10.3. The van der Waals surface area contributed by atoms with Gasteiger partial charge >= 0.3 is 0 Å². The van der Waals surface area contributed by atoms with Crippen LogP contribution in [0.4, 0.5) is 0 Å². The van der Waals surface area contributed by atoms with Gasteiger partial charge in [0.05, 0.1) is 11.4 Å². The molecule has 0 saturated heterocycles. The maximum atomic E-state index is 5.36. The van der Waals surface area contributed by atoms with E-state index in [9.17, 15) is 0 Å². The first kappa shape index (κ1) is 33.4. The van der Waals surface area contributed by atoms with Gasteiger partial charge in [-0.2, -0.15) is 0 Å². The van der Waals surface area contributed by atoms with Gasteiger partial charge < -0.3 is 0 Å². The Morgan fingerprint density at radius 2 is 0.947 bits per heavy atom. The van der Waals surface area contributed by atoms with Gasteiger partial charge in [-0.05, 0) is 75.2 Å². The summed E-state index contributed by atoms with van der Waals surface area (Å²) in [6.07, 6.45) is 0. The van der Waals surface area contributed by atoms with Crippen molar-refractivity contribution in [3.63, 3.8) is 0 Å². The SMILES string of the molecule is CC1(c2ccccc2)c2ccccc2-c2c(-c3cc(-c4ccccc4-c4cccc(-c5cccc6c5sc5ccccc56)c4)nc(-c4ccccc4)n3)cccc21. The lowest BCUT2D eigenvalue weighted by atomic mass is 9.74. The molecule has 8 aromatic carbocycles. The molecule has 0 bridgehead atoms. The Morgan fingerprint density at radius 3 is 1.77 bits per heavy atom. The Bertz CT molecular complexity index is 3140. The zero-order chi connectivity index (χ0) is 37.9. The largest absolute Gasteiger partial charge is 0.228 e. The molecule has 0 fully saturated rings. The summed E-state index contributed by atoms with van der Waals surface area (Å²) >= 11 is 1.87. The summed E-state index contributed by atoms with van der Waals surface area (Å²) in [6.45, 7) is 2.36. The normalized spacial score (nSPS) is 14.5. The van der Waals surface area contributed by atoms with Crippen LogP contribution in [-0.2, 0) is 5.41 Å². The van der Waals surface area contributed by atoms with Gasteiger partial charge in [0.2, 0.25) is 0 Å². The lowest BCUT2D eigenvalue weighted by Crippen LogP contribution is -2.22. The van der Waals surface area contributed by atoms with E-state index >= 15 is 0 Å². The maximum absolute atomic E-state index is 5.36. The lowest BCUT2D eigenvalue weighted by molar-refractivity contribution is 0.714. The predicted octanol–water partition coefficient (Wildman–Crippen LogP) is 14.5. The zero-order valence-corrected chi connectivity index (χ0v) is 32.2. The van der Waals surface area contributed by atoms with Crippen molar-refractivity contribution in [3.8, 4) is 67.3 Å². The molecular formula is C54H36N2S. The highest BCUT2D eigenvalue weighted by Gasteiger charge is 2.41. The van der Waals surface area contributed by atoms with Crippen molar-refractivity contribution in [3.05, 3.63) is 217 Å². The van der Waals surface area contributed by atoms with Crippen LogP contribution in [0.5, 0.6) is 0 Å². The summed E-state index contributed by atoms with van der Waals surface area (Å²) in [5, 5.41) is 2.62. The monoisotopic (exact) mass is 744 g/mol. The third kappa shape index (κ3) is 5.38.